The van der Waals surface area contributed by atoms with Gasteiger partial charge in [-0.05, 0) is 6.92 Å². The number of aliphatic hydroxyl groups is 3. The smallest absolute Gasteiger partial charge is 0.216 e. The maximum Gasteiger partial charge on any atom is 0.216 e. The average Bonchev–Trinajstić information content (AvgIpc) is 2.89. The number of aliphatic hydroxyl groups excluding tert-OH is 3. The van der Waals surface area contributed by atoms with Crippen LogP contribution in [0.3, 0.4) is 0 Å². The number of aromatic nitrogens is 2. The zero-order valence-corrected chi connectivity index (χ0v) is 13.3. The Morgan fingerprint density at radius 3 is 2.84 bits per heavy atom. The second kappa shape index (κ2) is 6.76. The summed E-state index contributed by atoms with van der Waals surface area (Å²) in [5.74, 6) is 0.251. The van der Waals surface area contributed by atoms with Crippen LogP contribution in [0.5, 0.6) is 5.88 Å². The number of aromatic hydroxyl groups is 1. The standard InChI is InChI=1S/C15H18N4O6/c1-7(21)13(24)10(4-20)25-6-19-3-8-9(22)2-11(23)18-14-12(8)15(19)17-5-16-14/h2-3,5,7,10,13,20-21,23-24H,4,6H2,1H3,(H,16,17,18)/t7-,10+,13-/m0/s1. The van der Waals surface area contributed by atoms with Crippen LogP contribution in [-0.4, -0.2) is 61.2 Å². The molecule has 2 aromatic heterocycles. The highest BCUT2D eigenvalue weighted by molar-refractivity contribution is 6.06. The molecular weight excluding hydrogens is 332 g/mol. The Balaban J connectivity index is 1.98. The molecule has 3 atom stereocenters. The second-order valence-corrected chi connectivity index (χ2v) is 5.69. The van der Waals surface area contributed by atoms with Crippen LogP contribution in [0.15, 0.2) is 22.1 Å². The van der Waals surface area contributed by atoms with Gasteiger partial charge in [0.25, 0.3) is 0 Å². The van der Waals surface area contributed by atoms with E-state index in [-0.39, 0.29) is 17.9 Å². The van der Waals surface area contributed by atoms with Crippen LogP contribution in [0.1, 0.15) is 6.92 Å². The number of ether oxygens (including phenoxy) is 1. The monoisotopic (exact) mass is 350 g/mol. The van der Waals surface area contributed by atoms with Gasteiger partial charge in [-0.3, -0.25) is 4.79 Å². The highest BCUT2D eigenvalue weighted by atomic mass is 16.5. The molecule has 25 heavy (non-hydrogen) atoms. The molecule has 0 unspecified atom stereocenters. The molecule has 0 amide bonds. The van der Waals surface area contributed by atoms with Gasteiger partial charge in [0.2, 0.25) is 5.88 Å². The van der Waals surface area contributed by atoms with Crippen molar-refractivity contribution in [3.05, 3.63) is 22.5 Å². The minimum absolute atomic E-state index is 0.120. The first-order valence-corrected chi connectivity index (χ1v) is 7.57. The normalized spacial score (nSPS) is 16.5. The van der Waals surface area contributed by atoms with Crippen LogP contribution in [0.2, 0.25) is 0 Å². The van der Waals surface area contributed by atoms with Crippen LogP contribution in [0, 0.1) is 0 Å². The summed E-state index contributed by atoms with van der Waals surface area (Å²) in [4.78, 5) is 20.3. The van der Waals surface area contributed by atoms with E-state index in [1.165, 1.54) is 24.0 Å². The molecule has 5 N–H and O–H groups in total. The van der Waals surface area contributed by atoms with Crippen molar-refractivity contribution in [2.75, 3.05) is 11.9 Å². The lowest BCUT2D eigenvalue weighted by Gasteiger charge is -2.24. The molecule has 0 spiro atoms. The zero-order valence-electron chi connectivity index (χ0n) is 13.3. The van der Waals surface area contributed by atoms with E-state index in [0.29, 0.717) is 11.2 Å². The topological polar surface area (TPSA) is 149 Å². The van der Waals surface area contributed by atoms with E-state index < -0.39 is 36.2 Å². The Labute approximate surface area is 141 Å². The van der Waals surface area contributed by atoms with Crippen LogP contribution < -0.4 is 10.7 Å². The van der Waals surface area contributed by atoms with Crippen molar-refractivity contribution < 1.29 is 25.2 Å². The van der Waals surface area contributed by atoms with Crippen molar-refractivity contribution in [2.24, 2.45) is 4.99 Å². The molecule has 2 aromatic rings. The first-order chi connectivity index (χ1) is 11.9. The van der Waals surface area contributed by atoms with Gasteiger partial charge in [0.05, 0.1) is 29.8 Å². The van der Waals surface area contributed by atoms with E-state index in [1.54, 1.807) is 0 Å². The molecule has 0 aromatic carbocycles. The minimum Gasteiger partial charge on any atom is -0.493 e. The van der Waals surface area contributed by atoms with Crippen molar-refractivity contribution in [3.8, 4) is 5.88 Å². The highest BCUT2D eigenvalue weighted by Gasteiger charge is 2.25. The zero-order chi connectivity index (χ0) is 18.1. The van der Waals surface area contributed by atoms with Crippen LogP contribution >= 0.6 is 0 Å². The van der Waals surface area contributed by atoms with E-state index in [1.807, 2.05) is 0 Å². The largest absolute Gasteiger partial charge is 0.493 e. The Bertz CT molecular complexity index is 878. The Kier molecular flexibility index (Phi) is 4.68. The van der Waals surface area contributed by atoms with Gasteiger partial charge in [-0.1, -0.05) is 0 Å². The Morgan fingerprint density at radius 2 is 2.16 bits per heavy atom. The van der Waals surface area contributed by atoms with Crippen LogP contribution in [0.4, 0.5) is 11.6 Å². The van der Waals surface area contributed by atoms with E-state index in [4.69, 9.17) is 4.74 Å². The lowest BCUT2D eigenvalue weighted by atomic mass is 10.1. The van der Waals surface area contributed by atoms with E-state index in [9.17, 15) is 25.2 Å². The third kappa shape index (κ3) is 3.20. The maximum absolute atomic E-state index is 12.2. The van der Waals surface area contributed by atoms with Gasteiger partial charge in [0.15, 0.2) is 5.43 Å². The van der Waals surface area contributed by atoms with Crippen molar-refractivity contribution >= 4 is 28.7 Å². The van der Waals surface area contributed by atoms with Gasteiger partial charge in [-0.15, -0.1) is 0 Å². The molecule has 10 nitrogen and oxygen atoms in total. The number of hydrogen-bond donors (Lipinski definition) is 5. The van der Waals surface area contributed by atoms with Gasteiger partial charge >= 0.3 is 0 Å². The molecule has 0 bridgehead atoms. The van der Waals surface area contributed by atoms with Gasteiger partial charge in [0, 0.05) is 12.3 Å². The molecule has 3 rings (SSSR count). The summed E-state index contributed by atoms with van der Waals surface area (Å²) in [6.07, 6.45) is -0.497. The second-order valence-electron chi connectivity index (χ2n) is 5.69. The summed E-state index contributed by atoms with van der Waals surface area (Å²) in [6, 6.07) is 1.00. The fraction of sp³-hybridized carbons (Fsp3) is 0.400. The molecule has 1 aliphatic heterocycles. The molecule has 134 valence electrons. The van der Waals surface area contributed by atoms with Gasteiger partial charge < -0.3 is 35.0 Å². The third-order valence-corrected chi connectivity index (χ3v) is 3.91. The molecule has 0 saturated heterocycles. The summed E-state index contributed by atoms with van der Waals surface area (Å²) >= 11 is 0. The fourth-order valence-electron chi connectivity index (χ4n) is 2.61. The van der Waals surface area contributed by atoms with Crippen LogP contribution in [-0.2, 0) is 11.5 Å². The maximum atomic E-state index is 12.2. The van der Waals surface area contributed by atoms with Gasteiger partial charge in [0.1, 0.15) is 30.6 Å². The number of aliphatic imine (C=N–C) groups is 1. The van der Waals surface area contributed by atoms with Crippen molar-refractivity contribution in [1.29, 1.82) is 0 Å². The molecule has 3 heterocycles. The summed E-state index contributed by atoms with van der Waals surface area (Å²) in [6.45, 7) is 0.773. The summed E-state index contributed by atoms with van der Waals surface area (Å²) in [5.41, 5.74) is -0.437. The van der Waals surface area contributed by atoms with Crippen LogP contribution in [0.25, 0.3) is 10.8 Å². The lowest BCUT2D eigenvalue weighted by molar-refractivity contribution is -0.119. The number of hydrogen-bond acceptors (Lipinski definition) is 9. The lowest BCUT2D eigenvalue weighted by Crippen LogP contribution is -2.40. The first kappa shape index (κ1) is 17.3. The molecule has 10 heteroatoms. The van der Waals surface area contributed by atoms with Crippen molar-refractivity contribution in [2.45, 2.75) is 32.0 Å². The predicted octanol–water partition coefficient (Wildman–Crippen LogP) is -0.736. The Morgan fingerprint density at radius 1 is 1.40 bits per heavy atom. The van der Waals surface area contributed by atoms with E-state index in [0.717, 1.165) is 6.07 Å². The average molecular weight is 350 g/mol. The number of anilines is 1. The first-order valence-electron chi connectivity index (χ1n) is 7.57. The molecule has 0 aliphatic carbocycles. The summed E-state index contributed by atoms with van der Waals surface area (Å²) < 4.78 is 6.98. The minimum atomic E-state index is -1.27. The van der Waals surface area contributed by atoms with Crippen molar-refractivity contribution in [3.63, 3.8) is 0 Å². The van der Waals surface area contributed by atoms with Gasteiger partial charge in [-0.2, -0.15) is 4.98 Å². The molecular formula is C15H18N4O6. The molecule has 0 saturated carbocycles. The number of rotatable bonds is 6. The highest BCUT2D eigenvalue weighted by Crippen LogP contribution is 2.34. The SMILES string of the molecule is C[C@H](O)[C@H](O)[C@@H](CO)OCn1cc2c(=O)cc(O)nc3c2c1N=CN3. The predicted molar refractivity (Wildman–Crippen MR) is 89.1 cm³/mol. The Hall–Kier alpha value is -2.53. The quantitative estimate of drug-likeness (QED) is 0.457. The van der Waals surface area contributed by atoms with Crippen molar-refractivity contribution in [1.82, 2.24) is 9.55 Å². The van der Waals surface area contributed by atoms with Gasteiger partial charge in [-0.25, -0.2) is 4.99 Å². The van der Waals surface area contributed by atoms with E-state index in [2.05, 4.69) is 15.3 Å². The number of nitrogens with zero attached hydrogens (tertiary/aromatic N) is 3. The fourth-order valence-corrected chi connectivity index (χ4v) is 2.61. The molecule has 0 fully saturated rings. The van der Waals surface area contributed by atoms with E-state index >= 15 is 0 Å². The number of nitrogens with one attached hydrogen (secondary N) is 1. The molecule has 0 radical (unpaired) electrons. The summed E-state index contributed by atoms with van der Waals surface area (Å²) in [7, 11) is 0. The third-order valence-electron chi connectivity index (χ3n) is 3.91. The molecule has 1 aliphatic rings. The summed E-state index contributed by atoms with van der Waals surface area (Å²) in [5, 5.41) is 41.6.